The van der Waals surface area contributed by atoms with Crippen LogP contribution in [0.15, 0.2) is 29.4 Å². The summed E-state index contributed by atoms with van der Waals surface area (Å²) in [6.45, 7) is 2.02. The van der Waals surface area contributed by atoms with E-state index in [4.69, 9.17) is 4.84 Å². The SMILES string of the molecule is Cc1cccc(C2=NOCC(=O)N2C)c1. The number of amides is 1. The highest BCUT2D eigenvalue weighted by Crippen LogP contribution is 2.11. The third kappa shape index (κ3) is 1.83. The van der Waals surface area contributed by atoms with Crippen molar-refractivity contribution in [1.29, 1.82) is 0 Å². The van der Waals surface area contributed by atoms with Gasteiger partial charge >= 0.3 is 0 Å². The van der Waals surface area contributed by atoms with Crippen molar-refractivity contribution in [2.75, 3.05) is 13.7 Å². The number of oxime groups is 1. The van der Waals surface area contributed by atoms with Crippen molar-refractivity contribution in [2.45, 2.75) is 6.92 Å². The lowest BCUT2D eigenvalue weighted by molar-refractivity contribution is -0.133. The first-order valence-electron chi connectivity index (χ1n) is 4.72. The average molecular weight is 204 g/mol. The number of carbonyl (C=O) groups excluding carboxylic acids is 1. The number of carbonyl (C=O) groups is 1. The van der Waals surface area contributed by atoms with Crippen LogP contribution in [0.4, 0.5) is 0 Å². The second-order valence-corrected chi connectivity index (χ2v) is 3.51. The lowest BCUT2D eigenvalue weighted by Gasteiger charge is -2.22. The highest BCUT2D eigenvalue weighted by molar-refractivity contribution is 6.08. The Morgan fingerprint density at radius 1 is 1.47 bits per heavy atom. The summed E-state index contributed by atoms with van der Waals surface area (Å²) in [5.41, 5.74) is 2.02. The largest absolute Gasteiger partial charge is 0.384 e. The molecule has 0 saturated carbocycles. The fourth-order valence-corrected chi connectivity index (χ4v) is 1.46. The van der Waals surface area contributed by atoms with Gasteiger partial charge in [0.1, 0.15) is 0 Å². The Morgan fingerprint density at radius 3 is 3.00 bits per heavy atom. The maximum absolute atomic E-state index is 11.4. The van der Waals surface area contributed by atoms with Gasteiger partial charge in [0.25, 0.3) is 5.91 Å². The van der Waals surface area contributed by atoms with Crippen LogP contribution in [-0.4, -0.2) is 30.3 Å². The van der Waals surface area contributed by atoms with E-state index in [0.29, 0.717) is 5.84 Å². The van der Waals surface area contributed by atoms with Gasteiger partial charge in [0.05, 0.1) is 0 Å². The molecule has 0 fully saturated rings. The van der Waals surface area contributed by atoms with E-state index >= 15 is 0 Å². The van der Waals surface area contributed by atoms with Crippen LogP contribution in [0.2, 0.25) is 0 Å². The van der Waals surface area contributed by atoms with Crippen molar-refractivity contribution in [3.05, 3.63) is 35.4 Å². The van der Waals surface area contributed by atoms with Gasteiger partial charge in [0.2, 0.25) is 0 Å². The summed E-state index contributed by atoms with van der Waals surface area (Å²) in [4.78, 5) is 17.8. The summed E-state index contributed by atoms with van der Waals surface area (Å²) in [6, 6.07) is 7.80. The van der Waals surface area contributed by atoms with Gasteiger partial charge in [-0.3, -0.25) is 9.69 Å². The smallest absolute Gasteiger partial charge is 0.268 e. The number of amidine groups is 1. The molecule has 2 rings (SSSR count). The highest BCUT2D eigenvalue weighted by atomic mass is 16.6. The lowest BCUT2D eigenvalue weighted by atomic mass is 10.1. The Hall–Kier alpha value is -1.84. The number of hydrogen-bond acceptors (Lipinski definition) is 3. The van der Waals surface area contributed by atoms with Gasteiger partial charge < -0.3 is 4.84 Å². The number of likely N-dealkylation sites (N-methyl/N-ethyl adjacent to an activating group) is 1. The van der Waals surface area contributed by atoms with E-state index in [2.05, 4.69) is 5.16 Å². The third-order valence-corrected chi connectivity index (χ3v) is 2.31. The normalized spacial score (nSPS) is 16.0. The van der Waals surface area contributed by atoms with Crippen LogP contribution in [0, 0.1) is 6.92 Å². The van der Waals surface area contributed by atoms with E-state index in [1.807, 2.05) is 31.2 Å². The molecule has 0 unspecified atom stereocenters. The fraction of sp³-hybridized carbons (Fsp3) is 0.273. The van der Waals surface area contributed by atoms with Crippen LogP contribution >= 0.6 is 0 Å². The molecule has 1 aromatic rings. The third-order valence-electron chi connectivity index (χ3n) is 2.31. The molecule has 4 heteroatoms. The molecule has 1 aliphatic rings. The molecule has 15 heavy (non-hydrogen) atoms. The molecule has 0 saturated heterocycles. The molecule has 0 radical (unpaired) electrons. The number of benzene rings is 1. The van der Waals surface area contributed by atoms with E-state index in [1.165, 1.54) is 4.90 Å². The van der Waals surface area contributed by atoms with E-state index in [-0.39, 0.29) is 12.5 Å². The minimum atomic E-state index is -0.0819. The summed E-state index contributed by atoms with van der Waals surface area (Å²) in [7, 11) is 1.70. The van der Waals surface area contributed by atoms with Gasteiger partial charge in [-0.15, -0.1) is 0 Å². The Kier molecular flexibility index (Phi) is 2.41. The standard InChI is InChI=1S/C11H12N2O2/c1-8-4-3-5-9(6-8)11-12-15-7-10(14)13(11)2/h3-6H,7H2,1-2H3. The maximum Gasteiger partial charge on any atom is 0.268 e. The minimum absolute atomic E-state index is 0.0197. The van der Waals surface area contributed by atoms with Crippen molar-refractivity contribution in [2.24, 2.45) is 5.16 Å². The first-order chi connectivity index (χ1) is 7.18. The maximum atomic E-state index is 11.4. The van der Waals surface area contributed by atoms with E-state index in [9.17, 15) is 4.79 Å². The van der Waals surface area contributed by atoms with Gasteiger partial charge in [-0.25, -0.2) is 0 Å². The molecule has 0 aliphatic carbocycles. The Balaban J connectivity index is 2.38. The zero-order valence-electron chi connectivity index (χ0n) is 8.73. The van der Waals surface area contributed by atoms with Gasteiger partial charge in [0, 0.05) is 12.6 Å². The van der Waals surface area contributed by atoms with E-state index < -0.39 is 0 Å². The number of hydrogen-bond donors (Lipinski definition) is 0. The zero-order valence-corrected chi connectivity index (χ0v) is 8.73. The van der Waals surface area contributed by atoms with Gasteiger partial charge in [-0.1, -0.05) is 28.9 Å². The van der Waals surface area contributed by atoms with E-state index in [1.54, 1.807) is 7.05 Å². The Labute approximate surface area is 88.1 Å². The van der Waals surface area contributed by atoms with E-state index in [0.717, 1.165) is 11.1 Å². The molecular formula is C11H12N2O2. The Morgan fingerprint density at radius 2 is 2.27 bits per heavy atom. The van der Waals surface area contributed by atoms with Gasteiger partial charge in [-0.2, -0.15) is 0 Å². The molecule has 0 atom stereocenters. The van der Waals surface area contributed by atoms with Crippen LogP contribution in [0.25, 0.3) is 0 Å². The Bertz CT molecular complexity index is 426. The summed E-state index contributed by atoms with van der Waals surface area (Å²) in [5, 5.41) is 3.89. The predicted octanol–water partition coefficient (Wildman–Crippen LogP) is 1.15. The van der Waals surface area contributed by atoms with Crippen molar-refractivity contribution < 1.29 is 9.63 Å². The number of aryl methyl sites for hydroxylation is 1. The van der Waals surface area contributed by atoms with Crippen molar-refractivity contribution in [3.63, 3.8) is 0 Å². The molecule has 1 amide bonds. The quantitative estimate of drug-likeness (QED) is 0.688. The van der Waals surface area contributed by atoms with Crippen LogP contribution < -0.4 is 0 Å². The molecule has 1 aliphatic heterocycles. The lowest BCUT2D eigenvalue weighted by Crippen LogP contribution is -2.39. The monoisotopic (exact) mass is 204 g/mol. The summed E-state index contributed by atoms with van der Waals surface area (Å²) in [6.07, 6.45) is 0. The average Bonchev–Trinajstić information content (AvgIpc) is 2.22. The summed E-state index contributed by atoms with van der Waals surface area (Å²) < 4.78 is 0. The fourth-order valence-electron chi connectivity index (χ4n) is 1.46. The van der Waals surface area contributed by atoms with Gasteiger partial charge in [0.15, 0.2) is 12.4 Å². The zero-order chi connectivity index (χ0) is 10.8. The molecular weight excluding hydrogens is 192 g/mol. The second-order valence-electron chi connectivity index (χ2n) is 3.51. The molecule has 78 valence electrons. The molecule has 0 spiro atoms. The minimum Gasteiger partial charge on any atom is -0.384 e. The first kappa shape index (κ1) is 9.71. The molecule has 1 heterocycles. The second kappa shape index (κ2) is 3.73. The molecule has 1 aromatic carbocycles. The summed E-state index contributed by atoms with van der Waals surface area (Å²) >= 11 is 0. The predicted molar refractivity (Wildman–Crippen MR) is 56.4 cm³/mol. The van der Waals surface area contributed by atoms with Gasteiger partial charge in [-0.05, 0) is 13.0 Å². The van der Waals surface area contributed by atoms with Crippen LogP contribution in [-0.2, 0) is 9.63 Å². The van der Waals surface area contributed by atoms with Crippen LogP contribution in [0.5, 0.6) is 0 Å². The summed E-state index contributed by atoms with van der Waals surface area (Å²) in [5.74, 6) is 0.483. The highest BCUT2D eigenvalue weighted by Gasteiger charge is 2.21. The van der Waals surface area contributed by atoms with Crippen molar-refractivity contribution >= 4 is 11.7 Å². The topological polar surface area (TPSA) is 41.9 Å². The molecule has 4 nitrogen and oxygen atoms in total. The van der Waals surface area contributed by atoms with Crippen molar-refractivity contribution in [3.8, 4) is 0 Å². The van der Waals surface area contributed by atoms with Crippen LogP contribution in [0.3, 0.4) is 0 Å². The molecule has 0 bridgehead atoms. The molecule has 0 aromatic heterocycles. The van der Waals surface area contributed by atoms with Crippen LogP contribution in [0.1, 0.15) is 11.1 Å². The first-order valence-corrected chi connectivity index (χ1v) is 4.72. The number of nitrogens with zero attached hydrogens (tertiary/aromatic N) is 2. The number of rotatable bonds is 1. The van der Waals surface area contributed by atoms with Crippen molar-refractivity contribution in [1.82, 2.24) is 4.90 Å². The molecule has 0 N–H and O–H groups in total.